The first-order valence-corrected chi connectivity index (χ1v) is 14.0. The Morgan fingerprint density at radius 2 is 1.85 bits per heavy atom. The maximum absolute atomic E-state index is 13.6. The number of ketones is 2. The molecule has 0 amide bonds. The summed E-state index contributed by atoms with van der Waals surface area (Å²) in [6.07, 6.45) is 3.39. The van der Waals surface area contributed by atoms with Gasteiger partial charge in [-0.2, -0.15) is 0 Å². The molecule has 3 aromatic carbocycles. The second-order valence-electron chi connectivity index (χ2n) is 9.92. The lowest BCUT2D eigenvalue weighted by Crippen LogP contribution is -2.35. The fourth-order valence-corrected chi connectivity index (χ4v) is 5.00. The number of aryl methyl sites for hydroxylation is 2. The summed E-state index contributed by atoms with van der Waals surface area (Å²) in [5.74, 6) is -0.446. The molecule has 0 unspecified atom stereocenters. The fourth-order valence-electron chi connectivity index (χ4n) is 4.79. The van der Waals surface area contributed by atoms with Crippen LogP contribution in [-0.2, 0) is 16.2 Å². The first kappa shape index (κ1) is 26.6. The molecular weight excluding hydrogens is 512 g/mol. The Morgan fingerprint density at radius 1 is 1.10 bits per heavy atom. The van der Waals surface area contributed by atoms with Gasteiger partial charge < -0.3 is 14.1 Å². The molecule has 5 rings (SSSR count). The van der Waals surface area contributed by atoms with Crippen LogP contribution in [0.2, 0.25) is 0 Å². The number of carbonyl (C=O) groups is 3. The predicted molar refractivity (Wildman–Crippen MR) is 154 cm³/mol. The van der Waals surface area contributed by atoms with E-state index in [1.165, 1.54) is 11.8 Å². The van der Waals surface area contributed by atoms with Gasteiger partial charge in [0.15, 0.2) is 5.78 Å². The Hall–Kier alpha value is -4.04. The molecule has 2 heterocycles. The second-order valence-corrected chi connectivity index (χ2v) is 11.3. The Kier molecular flexibility index (Phi) is 6.99. The first-order valence-electron chi connectivity index (χ1n) is 12.8. The molecule has 0 atom stereocenters. The van der Waals surface area contributed by atoms with Crippen molar-refractivity contribution in [1.29, 1.82) is 0 Å². The monoisotopic (exact) mass is 542 g/mol. The summed E-state index contributed by atoms with van der Waals surface area (Å²) in [5, 5.41) is 1.60. The van der Waals surface area contributed by atoms with Gasteiger partial charge in [0.2, 0.25) is 5.78 Å². The SMILES string of the molecule is CCn1c2ccc(C(=O)c3ccccc3C)cc2c2c3c(ccc21)C(=O)C(NOC(=O)C(C)(C)SC)=CCO3. The summed E-state index contributed by atoms with van der Waals surface area (Å²) in [7, 11) is 0. The lowest BCUT2D eigenvalue weighted by atomic mass is 9.97. The lowest BCUT2D eigenvalue weighted by Gasteiger charge is -2.20. The third-order valence-electron chi connectivity index (χ3n) is 7.21. The van der Waals surface area contributed by atoms with Gasteiger partial charge in [0.05, 0.1) is 16.5 Å². The molecule has 1 N–H and O–H groups in total. The van der Waals surface area contributed by atoms with Gasteiger partial charge in [-0.15, -0.1) is 11.8 Å². The minimum atomic E-state index is -0.767. The predicted octanol–water partition coefficient (Wildman–Crippen LogP) is 6.00. The molecule has 1 aliphatic heterocycles. The number of Topliss-reactive ketones (excluding diaryl/α,β-unsaturated/α-hetero) is 1. The number of hydrogen-bond acceptors (Lipinski definition) is 7. The van der Waals surface area contributed by atoms with Crippen molar-refractivity contribution in [2.24, 2.45) is 0 Å². The number of aromatic nitrogens is 1. The highest BCUT2D eigenvalue weighted by Gasteiger charge is 2.31. The molecule has 0 spiro atoms. The standard InChI is InChI=1S/C31H30N2O5S/c1-6-33-24-13-11-19(27(34)20-10-8-7-9-18(20)2)17-22(24)26-25(33)14-12-21-28(35)23(15-16-37-29(21)26)32-38-30(36)31(3,4)39-5/h7-15,17,32H,6,16H2,1-5H3. The number of benzene rings is 3. The third kappa shape index (κ3) is 4.59. The van der Waals surface area contributed by atoms with Crippen molar-refractivity contribution in [2.75, 3.05) is 12.9 Å². The van der Waals surface area contributed by atoms with Crippen LogP contribution >= 0.6 is 11.8 Å². The number of allylic oxidation sites excluding steroid dienone is 1. The molecule has 0 bridgehead atoms. The summed E-state index contributed by atoms with van der Waals surface area (Å²) < 4.78 is 7.52. The Balaban J connectivity index is 1.59. The Bertz CT molecular complexity index is 1680. The van der Waals surface area contributed by atoms with E-state index < -0.39 is 10.7 Å². The second kappa shape index (κ2) is 10.3. The van der Waals surface area contributed by atoms with Gasteiger partial charge in [0, 0.05) is 28.6 Å². The minimum Gasteiger partial charge on any atom is -0.488 e. The van der Waals surface area contributed by atoms with Crippen molar-refractivity contribution < 1.29 is 24.0 Å². The topological polar surface area (TPSA) is 86.6 Å². The van der Waals surface area contributed by atoms with E-state index in [1.807, 2.05) is 61.7 Å². The van der Waals surface area contributed by atoms with Gasteiger partial charge in [-0.3, -0.25) is 9.59 Å². The van der Waals surface area contributed by atoms with E-state index in [0.717, 1.165) is 27.4 Å². The van der Waals surface area contributed by atoms with Gasteiger partial charge in [-0.25, -0.2) is 10.3 Å². The molecule has 4 aromatic rings. The van der Waals surface area contributed by atoms with E-state index in [9.17, 15) is 14.4 Å². The van der Waals surface area contributed by atoms with Crippen molar-refractivity contribution in [1.82, 2.24) is 10.0 Å². The number of nitrogens with one attached hydrogen (secondary N) is 1. The maximum Gasteiger partial charge on any atom is 0.347 e. The van der Waals surface area contributed by atoms with E-state index in [-0.39, 0.29) is 23.9 Å². The average Bonchev–Trinajstić information content (AvgIpc) is 3.17. The van der Waals surface area contributed by atoms with Crippen LogP contribution in [0.4, 0.5) is 0 Å². The highest BCUT2D eigenvalue weighted by atomic mass is 32.2. The Morgan fingerprint density at radius 3 is 2.56 bits per heavy atom. The van der Waals surface area contributed by atoms with Crippen LogP contribution in [0.3, 0.4) is 0 Å². The number of thioether (sulfide) groups is 1. The van der Waals surface area contributed by atoms with Crippen molar-refractivity contribution in [2.45, 2.75) is 39.0 Å². The first-order chi connectivity index (χ1) is 18.7. The molecule has 0 radical (unpaired) electrons. The van der Waals surface area contributed by atoms with Crippen LogP contribution < -0.4 is 10.2 Å². The molecule has 0 saturated heterocycles. The van der Waals surface area contributed by atoms with E-state index in [2.05, 4.69) is 17.0 Å². The van der Waals surface area contributed by atoms with E-state index in [4.69, 9.17) is 9.57 Å². The van der Waals surface area contributed by atoms with Crippen molar-refractivity contribution in [3.63, 3.8) is 0 Å². The quantitative estimate of drug-likeness (QED) is 0.226. The minimum absolute atomic E-state index is 0.0606. The number of carbonyl (C=O) groups excluding carboxylic acids is 3. The molecular formula is C31H30N2O5S. The largest absolute Gasteiger partial charge is 0.488 e. The zero-order valence-electron chi connectivity index (χ0n) is 22.6. The van der Waals surface area contributed by atoms with Crippen LogP contribution in [0.25, 0.3) is 21.8 Å². The van der Waals surface area contributed by atoms with Crippen molar-refractivity contribution in [3.05, 3.63) is 88.6 Å². The highest BCUT2D eigenvalue weighted by molar-refractivity contribution is 8.00. The summed E-state index contributed by atoms with van der Waals surface area (Å²) >= 11 is 1.35. The van der Waals surface area contributed by atoms with Gasteiger partial charge in [0.1, 0.15) is 22.8 Å². The third-order valence-corrected chi connectivity index (χ3v) is 8.40. The molecule has 0 saturated carbocycles. The van der Waals surface area contributed by atoms with Crippen molar-refractivity contribution in [3.8, 4) is 5.75 Å². The van der Waals surface area contributed by atoms with Crippen LogP contribution in [0.15, 0.2) is 66.4 Å². The maximum atomic E-state index is 13.6. The molecule has 0 fully saturated rings. The molecule has 39 heavy (non-hydrogen) atoms. The number of fused-ring (bicyclic) bond motifs is 5. The van der Waals surface area contributed by atoms with Gasteiger partial charge in [0.25, 0.3) is 0 Å². The van der Waals surface area contributed by atoms with E-state index >= 15 is 0 Å². The number of hydrogen-bond donors (Lipinski definition) is 1. The summed E-state index contributed by atoms with van der Waals surface area (Å²) in [5.41, 5.74) is 7.02. The number of ether oxygens (including phenoxy) is 1. The lowest BCUT2D eigenvalue weighted by molar-refractivity contribution is -0.151. The zero-order chi connectivity index (χ0) is 27.9. The number of nitrogens with zero attached hydrogens (tertiary/aromatic N) is 1. The highest BCUT2D eigenvalue weighted by Crippen LogP contribution is 2.40. The molecule has 1 aliphatic rings. The van der Waals surface area contributed by atoms with Gasteiger partial charge >= 0.3 is 5.97 Å². The fraction of sp³-hybridized carbons (Fsp3) is 0.258. The van der Waals surface area contributed by atoms with Crippen LogP contribution in [-0.4, -0.2) is 39.7 Å². The van der Waals surface area contributed by atoms with Crippen LogP contribution in [0.1, 0.15) is 52.6 Å². The van der Waals surface area contributed by atoms with Crippen LogP contribution in [0, 0.1) is 6.92 Å². The number of hydroxylamine groups is 1. The normalized spacial score (nSPS) is 13.5. The summed E-state index contributed by atoms with van der Waals surface area (Å²) in [6, 6.07) is 16.8. The van der Waals surface area contributed by atoms with E-state index in [0.29, 0.717) is 29.0 Å². The molecule has 7 nitrogen and oxygen atoms in total. The zero-order valence-corrected chi connectivity index (χ0v) is 23.4. The molecule has 0 aliphatic carbocycles. The van der Waals surface area contributed by atoms with Gasteiger partial charge in [-0.05, 0) is 75.9 Å². The smallest absolute Gasteiger partial charge is 0.347 e. The van der Waals surface area contributed by atoms with Gasteiger partial charge in [-0.1, -0.05) is 24.3 Å². The molecule has 1 aromatic heterocycles. The molecule has 200 valence electrons. The Labute approximate surface area is 231 Å². The van der Waals surface area contributed by atoms with Crippen molar-refractivity contribution >= 4 is 51.1 Å². The molecule has 8 heteroatoms. The summed E-state index contributed by atoms with van der Waals surface area (Å²) in [6.45, 7) is 8.28. The van der Waals surface area contributed by atoms with Crippen LogP contribution in [0.5, 0.6) is 5.75 Å². The van der Waals surface area contributed by atoms with E-state index in [1.54, 1.807) is 26.0 Å². The number of rotatable bonds is 7. The average molecular weight is 543 g/mol. The summed E-state index contributed by atoms with van der Waals surface area (Å²) in [4.78, 5) is 44.7.